The van der Waals surface area contributed by atoms with Gasteiger partial charge in [-0.2, -0.15) is 4.89 Å². The fourth-order valence-corrected chi connectivity index (χ4v) is 1.08. The first-order valence-corrected chi connectivity index (χ1v) is 5.20. The molecule has 104 valence electrons. The number of carbonyl (C=O) groups excluding carboxylic acids is 2. The highest BCUT2D eigenvalue weighted by molar-refractivity contribution is 5.88. The number of esters is 1. The molecule has 0 bridgehead atoms. The summed E-state index contributed by atoms with van der Waals surface area (Å²) in [4.78, 5) is 41.2. The molecule has 2 N–H and O–H groups in total. The second-order valence-electron chi connectivity index (χ2n) is 3.53. The zero-order valence-electron chi connectivity index (χ0n) is 10.2. The molecule has 0 aliphatic rings. The van der Waals surface area contributed by atoms with E-state index in [0.29, 0.717) is 6.42 Å². The zero-order valence-corrected chi connectivity index (χ0v) is 10.2. The average Bonchev–Trinajstić information content (AvgIpc) is 2.26. The summed E-state index contributed by atoms with van der Waals surface area (Å²) in [6.45, 7) is 1.86. The van der Waals surface area contributed by atoms with Crippen molar-refractivity contribution in [1.82, 2.24) is 0 Å². The molecule has 0 aromatic heterocycles. The van der Waals surface area contributed by atoms with Gasteiger partial charge in [0.1, 0.15) is 0 Å². The highest BCUT2D eigenvalue weighted by Crippen LogP contribution is 2.18. The van der Waals surface area contributed by atoms with Crippen LogP contribution >= 0.6 is 0 Å². The molecule has 0 saturated heterocycles. The van der Waals surface area contributed by atoms with Crippen molar-refractivity contribution in [3.05, 3.63) is 0 Å². The summed E-state index contributed by atoms with van der Waals surface area (Å²) >= 11 is 0. The molecular formula is C10H16O8. The first-order valence-electron chi connectivity index (χ1n) is 5.20. The van der Waals surface area contributed by atoms with E-state index in [1.165, 1.54) is 0 Å². The van der Waals surface area contributed by atoms with Crippen molar-refractivity contribution >= 4 is 17.9 Å². The molecule has 0 aromatic rings. The van der Waals surface area contributed by atoms with Crippen molar-refractivity contribution in [1.29, 1.82) is 0 Å². The van der Waals surface area contributed by atoms with Gasteiger partial charge in [-0.1, -0.05) is 6.92 Å². The van der Waals surface area contributed by atoms with E-state index in [9.17, 15) is 19.5 Å². The molecule has 8 nitrogen and oxygen atoms in total. The number of hydrogen-bond donors (Lipinski definition) is 2. The molecule has 0 aliphatic carbocycles. The van der Waals surface area contributed by atoms with Crippen LogP contribution in [0, 0.1) is 0 Å². The van der Waals surface area contributed by atoms with Gasteiger partial charge in [0.15, 0.2) is 5.60 Å². The topological polar surface area (TPSA) is 119 Å². The summed E-state index contributed by atoms with van der Waals surface area (Å²) in [5.74, 6) is -3.73. The van der Waals surface area contributed by atoms with Crippen LogP contribution in [-0.2, 0) is 28.9 Å². The molecule has 0 rings (SSSR count). The molecule has 0 amide bonds. The quantitative estimate of drug-likeness (QED) is 0.346. The molecule has 18 heavy (non-hydrogen) atoms. The van der Waals surface area contributed by atoms with Gasteiger partial charge in [0.2, 0.25) is 0 Å². The third-order valence-corrected chi connectivity index (χ3v) is 1.92. The smallest absolute Gasteiger partial charge is 0.345 e. The summed E-state index contributed by atoms with van der Waals surface area (Å²) in [5, 5.41) is 18.5. The highest BCUT2D eigenvalue weighted by atomic mass is 17.2. The number of rotatable bonds is 8. The maximum atomic E-state index is 11.2. The van der Waals surface area contributed by atoms with Gasteiger partial charge in [-0.05, 0) is 6.42 Å². The van der Waals surface area contributed by atoms with Gasteiger partial charge in [0.25, 0.3) is 0 Å². The second-order valence-corrected chi connectivity index (χ2v) is 3.53. The van der Waals surface area contributed by atoms with E-state index in [2.05, 4.69) is 14.5 Å². The van der Waals surface area contributed by atoms with Crippen LogP contribution < -0.4 is 0 Å². The Morgan fingerprint density at radius 1 is 1.17 bits per heavy atom. The molecule has 1 atom stereocenters. The minimum atomic E-state index is -2.57. The molecule has 0 aromatic carbocycles. The number of carbonyl (C=O) groups is 3. The first kappa shape index (κ1) is 16.3. The minimum Gasteiger partial charge on any atom is -0.479 e. The van der Waals surface area contributed by atoms with Gasteiger partial charge in [-0.15, -0.1) is 0 Å². The lowest BCUT2D eigenvalue weighted by Crippen LogP contribution is -2.43. The lowest BCUT2D eigenvalue weighted by molar-refractivity contribution is -0.258. The summed E-state index contributed by atoms with van der Waals surface area (Å²) in [6, 6.07) is 0. The molecule has 0 spiro atoms. The lowest BCUT2D eigenvalue weighted by Gasteiger charge is -2.20. The Labute approximate surface area is 103 Å². The van der Waals surface area contributed by atoms with E-state index in [-0.39, 0.29) is 6.61 Å². The second kappa shape index (κ2) is 7.62. The monoisotopic (exact) mass is 264 g/mol. The van der Waals surface area contributed by atoms with E-state index < -0.39 is 36.4 Å². The number of carboxylic acids is 1. The Kier molecular flexibility index (Phi) is 6.91. The fourth-order valence-electron chi connectivity index (χ4n) is 1.08. The Hall–Kier alpha value is -1.67. The SMILES string of the molecule is CCCOC(=O)CC(O)(CC(=O)OOC)C(=O)O. The zero-order chi connectivity index (χ0) is 14.2. The molecule has 0 heterocycles. The Bertz CT molecular complexity index is 313. The van der Waals surface area contributed by atoms with Crippen molar-refractivity contribution in [3.63, 3.8) is 0 Å². The molecule has 0 saturated carbocycles. The summed E-state index contributed by atoms with van der Waals surface area (Å²) < 4.78 is 4.63. The van der Waals surface area contributed by atoms with Crippen molar-refractivity contribution in [2.45, 2.75) is 31.8 Å². The highest BCUT2D eigenvalue weighted by Gasteiger charge is 2.42. The third-order valence-electron chi connectivity index (χ3n) is 1.92. The molecule has 0 fully saturated rings. The van der Waals surface area contributed by atoms with Gasteiger partial charge in [0.05, 0.1) is 26.6 Å². The van der Waals surface area contributed by atoms with Gasteiger partial charge in [-0.25, -0.2) is 9.59 Å². The van der Waals surface area contributed by atoms with E-state index in [4.69, 9.17) is 5.11 Å². The Balaban J connectivity index is 4.57. The van der Waals surface area contributed by atoms with Gasteiger partial charge in [-0.3, -0.25) is 9.68 Å². The van der Waals surface area contributed by atoms with Crippen LogP contribution in [-0.4, -0.2) is 47.4 Å². The first-order chi connectivity index (χ1) is 8.35. The molecule has 0 aliphatic heterocycles. The van der Waals surface area contributed by atoms with Crippen molar-refractivity contribution < 1.29 is 39.1 Å². The maximum absolute atomic E-state index is 11.2. The summed E-state index contributed by atoms with van der Waals surface area (Å²) in [6.07, 6.45) is -1.21. The van der Waals surface area contributed by atoms with Gasteiger partial charge in [0, 0.05) is 0 Å². The standard InChI is InChI=1S/C10H16O8/c1-3-4-17-7(11)5-10(15,9(13)14)6-8(12)18-16-2/h15H,3-6H2,1-2H3,(H,13,14). The molecular weight excluding hydrogens is 248 g/mol. The summed E-state index contributed by atoms with van der Waals surface area (Å²) in [5.41, 5.74) is -2.57. The number of carboxylic acid groups (broad SMARTS) is 1. The van der Waals surface area contributed by atoms with E-state index in [1.54, 1.807) is 6.92 Å². The Morgan fingerprint density at radius 3 is 2.17 bits per heavy atom. The number of aliphatic carboxylic acids is 1. The van der Waals surface area contributed by atoms with Crippen molar-refractivity contribution in [2.75, 3.05) is 13.7 Å². The molecule has 8 heteroatoms. The summed E-state index contributed by atoms with van der Waals surface area (Å²) in [7, 11) is 1.05. The van der Waals surface area contributed by atoms with Gasteiger partial charge < -0.3 is 14.9 Å². The largest absolute Gasteiger partial charge is 0.479 e. The van der Waals surface area contributed by atoms with E-state index in [1.807, 2.05) is 0 Å². The van der Waals surface area contributed by atoms with E-state index >= 15 is 0 Å². The van der Waals surface area contributed by atoms with Crippen molar-refractivity contribution in [3.8, 4) is 0 Å². The van der Waals surface area contributed by atoms with Crippen LogP contribution in [0.3, 0.4) is 0 Å². The van der Waals surface area contributed by atoms with Crippen LogP contribution in [0.4, 0.5) is 0 Å². The van der Waals surface area contributed by atoms with Crippen LogP contribution in [0.15, 0.2) is 0 Å². The van der Waals surface area contributed by atoms with Crippen LogP contribution in [0.2, 0.25) is 0 Å². The molecule has 1 unspecified atom stereocenters. The number of aliphatic hydroxyl groups is 1. The Morgan fingerprint density at radius 2 is 1.72 bits per heavy atom. The third kappa shape index (κ3) is 5.60. The minimum absolute atomic E-state index is 0.108. The van der Waals surface area contributed by atoms with Crippen LogP contribution in [0.5, 0.6) is 0 Å². The van der Waals surface area contributed by atoms with Crippen LogP contribution in [0.1, 0.15) is 26.2 Å². The maximum Gasteiger partial charge on any atom is 0.345 e. The van der Waals surface area contributed by atoms with Gasteiger partial charge >= 0.3 is 17.9 Å². The van der Waals surface area contributed by atoms with Crippen LogP contribution in [0.25, 0.3) is 0 Å². The molecule has 0 radical (unpaired) electrons. The number of ether oxygens (including phenoxy) is 1. The fraction of sp³-hybridized carbons (Fsp3) is 0.700. The van der Waals surface area contributed by atoms with Crippen molar-refractivity contribution in [2.24, 2.45) is 0 Å². The predicted molar refractivity (Wildman–Crippen MR) is 56.2 cm³/mol. The lowest BCUT2D eigenvalue weighted by atomic mass is 9.96. The number of hydrogen-bond acceptors (Lipinski definition) is 7. The van der Waals surface area contributed by atoms with E-state index in [0.717, 1.165) is 7.11 Å². The normalized spacial score (nSPS) is 13.5. The predicted octanol–water partition coefficient (Wildman–Crippen LogP) is -0.360. The average molecular weight is 264 g/mol.